The molecule has 0 bridgehead atoms. The van der Waals surface area contributed by atoms with Crippen LogP contribution in [0.2, 0.25) is 0 Å². The fourth-order valence-electron chi connectivity index (χ4n) is 12.3. The van der Waals surface area contributed by atoms with Crippen LogP contribution in [0.4, 0.5) is 0 Å². The van der Waals surface area contributed by atoms with Gasteiger partial charge in [0.1, 0.15) is 73.2 Å². The zero-order valence-electron chi connectivity index (χ0n) is 54.3. The monoisotopic (exact) mass is 1250 g/mol. The van der Waals surface area contributed by atoms with Gasteiger partial charge in [-0.1, -0.05) is 251 Å². The summed E-state index contributed by atoms with van der Waals surface area (Å²) in [6.45, 7) is 1.62. The molecule has 0 saturated carbocycles. The molecular formula is C68H129NO18. The Balaban J connectivity index is 1.18. The molecule has 3 saturated heterocycles. The van der Waals surface area contributed by atoms with E-state index in [1.807, 2.05) is 6.92 Å². The van der Waals surface area contributed by atoms with E-state index in [1.54, 1.807) is 0 Å². The van der Waals surface area contributed by atoms with Crippen molar-refractivity contribution >= 4 is 5.91 Å². The van der Waals surface area contributed by atoms with Crippen LogP contribution in [-0.2, 0) is 33.2 Å². The number of carbonyl (C=O) groups excluding carboxylic acids is 1. The molecule has 0 radical (unpaired) electrons. The van der Waals surface area contributed by atoms with Gasteiger partial charge in [-0.05, 0) is 38.5 Å². The summed E-state index contributed by atoms with van der Waals surface area (Å²) in [6, 6.07) is -0.878. The van der Waals surface area contributed by atoms with Crippen molar-refractivity contribution in [1.82, 2.24) is 5.32 Å². The molecular weight excluding hydrogens is 1120 g/mol. The third-order valence-corrected chi connectivity index (χ3v) is 18.1. The van der Waals surface area contributed by atoms with Crippen LogP contribution in [0, 0.1) is 0 Å². The van der Waals surface area contributed by atoms with E-state index in [0.29, 0.717) is 19.3 Å². The minimum Gasteiger partial charge on any atom is -0.394 e. The molecule has 0 aliphatic carbocycles. The molecule has 0 aromatic carbocycles. The number of hydrogen-bond donors (Lipinski definition) is 12. The molecule has 3 aliphatic rings. The molecule has 0 aromatic heterocycles. The van der Waals surface area contributed by atoms with Gasteiger partial charge in [0, 0.05) is 6.42 Å². The first kappa shape index (κ1) is 79.8. The van der Waals surface area contributed by atoms with E-state index in [2.05, 4.69) is 24.4 Å². The van der Waals surface area contributed by atoms with Crippen molar-refractivity contribution in [2.24, 2.45) is 0 Å². The van der Waals surface area contributed by atoms with Crippen molar-refractivity contribution in [3.63, 3.8) is 0 Å². The van der Waals surface area contributed by atoms with E-state index in [9.17, 15) is 61.0 Å². The summed E-state index contributed by atoms with van der Waals surface area (Å²) in [7, 11) is 0. The maximum absolute atomic E-state index is 13.2. The summed E-state index contributed by atoms with van der Waals surface area (Å²) in [5.74, 6) is -0.249. The van der Waals surface area contributed by atoms with Crippen molar-refractivity contribution in [3.8, 4) is 0 Å². The van der Waals surface area contributed by atoms with Crippen LogP contribution in [0.3, 0.4) is 0 Å². The Bertz CT molecular complexity index is 1630. The molecule has 1 amide bonds. The topological polar surface area (TPSA) is 307 Å². The van der Waals surface area contributed by atoms with E-state index in [-0.39, 0.29) is 18.9 Å². The number of rotatable bonds is 55. The molecule has 17 atom stereocenters. The standard InChI is InChI=1S/C68H129NO18/c1-3-5-7-8-9-10-11-12-13-14-15-16-17-18-19-20-21-22-23-24-25-26-27-28-29-30-31-32-33-34-35-36-37-38-39-40-41-42-44-46-56(74)69-51(52(73)45-43-6-4-2)50-82-66-62(80)59(77)64(54(48-71)84-66)87-68-63(81)60(78)65(55(49-72)85-68)86-67-61(79)58(76)57(75)53(47-70)83-67/h14-15,51-55,57-68,70-73,75-81H,3-13,16-50H2,1-2H3,(H,69,74)/b15-14-. The summed E-state index contributed by atoms with van der Waals surface area (Å²) in [5.41, 5.74) is 0. The van der Waals surface area contributed by atoms with E-state index in [0.717, 1.165) is 32.1 Å². The van der Waals surface area contributed by atoms with E-state index >= 15 is 0 Å². The minimum absolute atomic E-state index is 0.249. The molecule has 12 N–H and O–H groups in total. The van der Waals surface area contributed by atoms with Gasteiger partial charge in [-0.2, -0.15) is 0 Å². The van der Waals surface area contributed by atoms with Crippen LogP contribution < -0.4 is 5.32 Å². The number of aliphatic hydroxyl groups is 11. The molecule has 3 heterocycles. The van der Waals surface area contributed by atoms with Crippen molar-refractivity contribution in [1.29, 1.82) is 0 Å². The van der Waals surface area contributed by atoms with Gasteiger partial charge in [0.05, 0.1) is 38.6 Å². The normalized spacial score (nSPS) is 28.6. The van der Waals surface area contributed by atoms with Crippen molar-refractivity contribution < 1.29 is 89.4 Å². The average Bonchev–Trinajstić information content (AvgIpc) is 1.25. The lowest BCUT2D eigenvalue weighted by Gasteiger charge is -2.48. The summed E-state index contributed by atoms with van der Waals surface area (Å²) in [5, 5.41) is 119. The molecule has 87 heavy (non-hydrogen) atoms. The van der Waals surface area contributed by atoms with Crippen molar-refractivity contribution in [3.05, 3.63) is 12.2 Å². The van der Waals surface area contributed by atoms with Gasteiger partial charge in [0.2, 0.25) is 5.91 Å². The fourth-order valence-corrected chi connectivity index (χ4v) is 12.3. The highest BCUT2D eigenvalue weighted by atomic mass is 16.8. The fraction of sp³-hybridized carbons (Fsp3) is 0.956. The second-order valence-electron chi connectivity index (χ2n) is 25.7. The Morgan fingerprint density at radius 1 is 0.402 bits per heavy atom. The van der Waals surface area contributed by atoms with Gasteiger partial charge >= 0.3 is 0 Å². The number of ether oxygens (including phenoxy) is 6. The third kappa shape index (κ3) is 33.3. The first-order valence-electron chi connectivity index (χ1n) is 35.4. The SMILES string of the molecule is CCCCCCCCCC/C=C\CCCCCCCCCCCCCCCCCCCCCCCCCCCCCC(=O)NC(COC1OC(CO)C(OC2OC(CO)C(OC3OC(CO)C(O)C(O)C3O)C(O)C2O)C(O)C1O)C(O)CCCCC. The Hall–Kier alpha value is -1.47. The zero-order valence-corrected chi connectivity index (χ0v) is 54.3. The van der Waals surface area contributed by atoms with Crippen molar-refractivity contribution in [2.45, 2.75) is 388 Å². The highest BCUT2D eigenvalue weighted by Crippen LogP contribution is 2.33. The summed E-state index contributed by atoms with van der Waals surface area (Å²) >= 11 is 0. The predicted molar refractivity (Wildman–Crippen MR) is 337 cm³/mol. The van der Waals surface area contributed by atoms with Crippen LogP contribution in [0.15, 0.2) is 12.2 Å². The number of aliphatic hydroxyl groups excluding tert-OH is 11. The van der Waals surface area contributed by atoms with Crippen LogP contribution >= 0.6 is 0 Å². The van der Waals surface area contributed by atoms with Gasteiger partial charge in [-0.3, -0.25) is 4.79 Å². The average molecular weight is 1250 g/mol. The largest absolute Gasteiger partial charge is 0.394 e. The van der Waals surface area contributed by atoms with E-state index in [1.165, 1.54) is 212 Å². The van der Waals surface area contributed by atoms with Gasteiger partial charge in [0.25, 0.3) is 0 Å². The number of carbonyl (C=O) groups is 1. The molecule has 17 unspecified atom stereocenters. The second kappa shape index (κ2) is 51.0. The van der Waals surface area contributed by atoms with Gasteiger partial charge in [-0.15, -0.1) is 0 Å². The molecule has 3 fully saturated rings. The molecule has 3 rings (SSSR count). The summed E-state index contributed by atoms with van der Waals surface area (Å²) < 4.78 is 34.1. The van der Waals surface area contributed by atoms with Crippen LogP contribution in [0.5, 0.6) is 0 Å². The molecule has 514 valence electrons. The quantitative estimate of drug-likeness (QED) is 0.0199. The van der Waals surface area contributed by atoms with Gasteiger partial charge < -0.3 is 89.9 Å². The lowest BCUT2D eigenvalue weighted by atomic mass is 9.96. The molecule has 0 aromatic rings. The number of hydrogen-bond acceptors (Lipinski definition) is 18. The second-order valence-corrected chi connectivity index (χ2v) is 25.7. The molecule has 19 nitrogen and oxygen atoms in total. The highest BCUT2D eigenvalue weighted by Gasteiger charge is 2.53. The summed E-state index contributed by atoms with van der Waals surface area (Å²) in [6.07, 6.45) is 30.6. The molecule has 19 heteroatoms. The maximum Gasteiger partial charge on any atom is 0.220 e. The van der Waals surface area contributed by atoms with Crippen LogP contribution in [0.25, 0.3) is 0 Å². The molecule has 3 aliphatic heterocycles. The summed E-state index contributed by atoms with van der Waals surface area (Å²) in [4.78, 5) is 13.2. The van der Waals surface area contributed by atoms with Gasteiger partial charge in [0.15, 0.2) is 18.9 Å². The number of amides is 1. The predicted octanol–water partition coefficient (Wildman–Crippen LogP) is 9.28. The Morgan fingerprint density at radius 3 is 1.11 bits per heavy atom. The minimum atomic E-state index is -1.97. The highest BCUT2D eigenvalue weighted by molar-refractivity contribution is 5.76. The number of unbranched alkanes of at least 4 members (excludes halogenated alkanes) is 37. The third-order valence-electron chi connectivity index (χ3n) is 18.1. The lowest BCUT2D eigenvalue weighted by Crippen LogP contribution is -2.66. The van der Waals surface area contributed by atoms with E-state index < -0.39 is 124 Å². The smallest absolute Gasteiger partial charge is 0.220 e. The van der Waals surface area contributed by atoms with Crippen LogP contribution in [0.1, 0.15) is 284 Å². The van der Waals surface area contributed by atoms with Crippen LogP contribution in [-0.4, -0.2) is 193 Å². The Labute approximate surface area is 525 Å². The zero-order chi connectivity index (χ0) is 63.3. The molecule has 0 spiro atoms. The van der Waals surface area contributed by atoms with Crippen molar-refractivity contribution in [2.75, 3.05) is 26.4 Å². The number of nitrogens with one attached hydrogen (secondary N) is 1. The lowest BCUT2D eigenvalue weighted by molar-refractivity contribution is -0.379. The van der Waals surface area contributed by atoms with E-state index in [4.69, 9.17) is 28.4 Å². The first-order valence-corrected chi connectivity index (χ1v) is 35.4. The maximum atomic E-state index is 13.2. The first-order chi connectivity index (χ1) is 42.3. The van der Waals surface area contributed by atoms with Gasteiger partial charge in [-0.25, -0.2) is 0 Å². The Kier molecular flexibility index (Phi) is 46.8. The Morgan fingerprint density at radius 2 is 0.724 bits per heavy atom. The number of allylic oxidation sites excluding steroid dienone is 2.